The average Bonchev–Trinajstić information content (AvgIpc) is 2.74. The second-order valence-electron chi connectivity index (χ2n) is 7.53. The minimum absolute atomic E-state index is 0.160. The van der Waals surface area contributed by atoms with Crippen molar-refractivity contribution in [2.24, 2.45) is 0 Å². The molecule has 0 radical (unpaired) electrons. The molecule has 3 rings (SSSR count). The molecule has 3 aromatic carbocycles. The molecule has 32 heavy (non-hydrogen) atoms. The summed E-state index contributed by atoms with van der Waals surface area (Å²) in [6, 6.07) is 19.3. The topological polar surface area (TPSA) is 75.7 Å². The van der Waals surface area contributed by atoms with E-state index in [0.29, 0.717) is 22.1 Å². The number of aryl methyl sites for hydroxylation is 2. The van der Waals surface area contributed by atoms with E-state index >= 15 is 0 Å². The van der Waals surface area contributed by atoms with Gasteiger partial charge in [-0.25, -0.2) is 8.42 Å². The quantitative estimate of drug-likeness (QED) is 0.503. The Morgan fingerprint density at radius 2 is 1.62 bits per heavy atom. The van der Waals surface area contributed by atoms with Gasteiger partial charge in [-0.1, -0.05) is 29.8 Å². The summed E-state index contributed by atoms with van der Waals surface area (Å²) in [7, 11) is -3.51. The highest BCUT2D eigenvalue weighted by Crippen LogP contribution is 2.24. The Bertz CT molecular complexity index is 1190. The lowest BCUT2D eigenvalue weighted by atomic mass is 10.1. The van der Waals surface area contributed by atoms with Gasteiger partial charge in [-0.2, -0.15) is 0 Å². The van der Waals surface area contributed by atoms with Crippen molar-refractivity contribution in [3.63, 3.8) is 0 Å². The van der Waals surface area contributed by atoms with E-state index in [1.165, 1.54) is 4.31 Å². The number of amides is 1. The maximum atomic E-state index is 12.3. The summed E-state index contributed by atoms with van der Waals surface area (Å²) in [6.45, 7) is 4.01. The minimum atomic E-state index is -3.51. The SMILES string of the molecule is Cc1ccc(NC(=O)COc2ccc(N(Cc3ccc(Cl)cc3)S(C)(=O)=O)cc2)cc1C. The monoisotopic (exact) mass is 472 g/mol. The Hall–Kier alpha value is -3.03. The summed E-state index contributed by atoms with van der Waals surface area (Å²) in [4.78, 5) is 12.2. The fraction of sp³-hybridized carbons (Fsp3) is 0.208. The number of halogens is 1. The third-order valence-corrected chi connectivity index (χ3v) is 6.32. The number of hydrogen-bond acceptors (Lipinski definition) is 4. The predicted octanol–water partition coefficient (Wildman–Crippen LogP) is 4.94. The van der Waals surface area contributed by atoms with Crippen molar-refractivity contribution >= 4 is 38.9 Å². The summed E-state index contributed by atoms with van der Waals surface area (Å²) in [5.41, 5.74) is 4.26. The second kappa shape index (κ2) is 10.1. The molecule has 0 spiro atoms. The second-order valence-corrected chi connectivity index (χ2v) is 9.87. The molecule has 0 fully saturated rings. The summed E-state index contributed by atoms with van der Waals surface area (Å²) in [5, 5.41) is 3.39. The number of rotatable bonds is 8. The van der Waals surface area contributed by atoms with Gasteiger partial charge in [0.25, 0.3) is 5.91 Å². The molecule has 0 bridgehead atoms. The van der Waals surface area contributed by atoms with Crippen LogP contribution in [-0.4, -0.2) is 27.2 Å². The number of nitrogens with zero attached hydrogens (tertiary/aromatic N) is 1. The molecule has 8 heteroatoms. The van der Waals surface area contributed by atoms with Crippen molar-refractivity contribution in [3.05, 3.63) is 88.4 Å². The molecule has 0 aromatic heterocycles. The molecule has 0 saturated carbocycles. The third-order valence-electron chi connectivity index (χ3n) is 4.93. The van der Waals surface area contributed by atoms with Gasteiger partial charge < -0.3 is 10.1 Å². The first-order valence-electron chi connectivity index (χ1n) is 9.94. The van der Waals surface area contributed by atoms with Gasteiger partial charge in [0.1, 0.15) is 5.75 Å². The third kappa shape index (κ3) is 6.48. The molecule has 1 N–H and O–H groups in total. The van der Waals surface area contributed by atoms with Gasteiger partial charge in [0.05, 0.1) is 18.5 Å². The zero-order chi connectivity index (χ0) is 23.3. The van der Waals surface area contributed by atoms with Crippen LogP contribution >= 0.6 is 11.6 Å². The lowest BCUT2D eigenvalue weighted by Gasteiger charge is -2.23. The van der Waals surface area contributed by atoms with Crippen molar-refractivity contribution in [1.29, 1.82) is 0 Å². The van der Waals surface area contributed by atoms with Crippen LogP contribution in [0.15, 0.2) is 66.7 Å². The van der Waals surface area contributed by atoms with Crippen molar-refractivity contribution in [3.8, 4) is 5.75 Å². The van der Waals surface area contributed by atoms with E-state index in [1.807, 2.05) is 32.0 Å². The smallest absolute Gasteiger partial charge is 0.262 e. The Kier molecular flexibility index (Phi) is 7.43. The van der Waals surface area contributed by atoms with Crippen LogP contribution in [0.1, 0.15) is 16.7 Å². The maximum absolute atomic E-state index is 12.3. The molecular formula is C24H25ClN2O4S. The fourth-order valence-corrected chi connectivity index (χ4v) is 4.04. The minimum Gasteiger partial charge on any atom is -0.484 e. The number of ether oxygens (including phenoxy) is 1. The van der Waals surface area contributed by atoms with Crippen molar-refractivity contribution in [2.45, 2.75) is 20.4 Å². The van der Waals surface area contributed by atoms with E-state index in [-0.39, 0.29) is 19.1 Å². The van der Waals surface area contributed by atoms with E-state index < -0.39 is 10.0 Å². The Balaban J connectivity index is 1.63. The first-order chi connectivity index (χ1) is 15.1. The molecule has 0 saturated heterocycles. The largest absolute Gasteiger partial charge is 0.484 e. The molecule has 1 amide bonds. The highest BCUT2D eigenvalue weighted by molar-refractivity contribution is 7.92. The predicted molar refractivity (Wildman–Crippen MR) is 129 cm³/mol. The van der Waals surface area contributed by atoms with Gasteiger partial charge in [0.2, 0.25) is 10.0 Å². The highest BCUT2D eigenvalue weighted by atomic mass is 35.5. The lowest BCUT2D eigenvalue weighted by molar-refractivity contribution is -0.118. The normalized spacial score (nSPS) is 11.1. The maximum Gasteiger partial charge on any atom is 0.262 e. The Morgan fingerprint density at radius 1 is 0.969 bits per heavy atom. The van der Waals surface area contributed by atoms with Gasteiger partial charge in [-0.15, -0.1) is 0 Å². The molecule has 3 aromatic rings. The molecule has 168 valence electrons. The summed E-state index contributed by atoms with van der Waals surface area (Å²) >= 11 is 5.91. The van der Waals surface area contributed by atoms with Crippen molar-refractivity contribution < 1.29 is 17.9 Å². The Labute approximate surface area is 193 Å². The van der Waals surface area contributed by atoms with Crippen LogP contribution < -0.4 is 14.4 Å². The van der Waals surface area contributed by atoms with Crippen LogP contribution in [0.4, 0.5) is 11.4 Å². The number of anilines is 2. The van der Waals surface area contributed by atoms with E-state index in [2.05, 4.69) is 5.32 Å². The molecule has 6 nitrogen and oxygen atoms in total. The molecule has 0 atom stereocenters. The van der Waals surface area contributed by atoms with Crippen LogP contribution in [0.25, 0.3) is 0 Å². The summed E-state index contributed by atoms with van der Waals surface area (Å²) in [5.74, 6) is 0.182. The van der Waals surface area contributed by atoms with Crippen LogP contribution in [0.2, 0.25) is 5.02 Å². The van der Waals surface area contributed by atoms with E-state index in [0.717, 1.165) is 22.9 Å². The van der Waals surface area contributed by atoms with Crippen molar-refractivity contribution in [2.75, 3.05) is 22.5 Å². The van der Waals surface area contributed by atoms with Crippen LogP contribution in [0, 0.1) is 13.8 Å². The van der Waals surface area contributed by atoms with E-state index in [1.54, 1.807) is 48.5 Å². The first kappa shape index (κ1) is 23.6. The van der Waals surface area contributed by atoms with Gasteiger partial charge in [0, 0.05) is 10.7 Å². The van der Waals surface area contributed by atoms with Crippen molar-refractivity contribution in [1.82, 2.24) is 0 Å². The number of carbonyl (C=O) groups is 1. The lowest BCUT2D eigenvalue weighted by Crippen LogP contribution is -2.29. The molecule has 0 aliphatic carbocycles. The zero-order valence-electron chi connectivity index (χ0n) is 18.1. The average molecular weight is 473 g/mol. The van der Waals surface area contributed by atoms with Gasteiger partial charge in [-0.05, 0) is 79.1 Å². The van der Waals surface area contributed by atoms with Crippen LogP contribution in [0.3, 0.4) is 0 Å². The summed E-state index contributed by atoms with van der Waals surface area (Å²) in [6.07, 6.45) is 1.16. The number of benzene rings is 3. The van der Waals surface area contributed by atoms with Crippen LogP contribution in [0.5, 0.6) is 5.75 Å². The molecule has 0 aliphatic rings. The molecule has 0 aliphatic heterocycles. The molecule has 0 heterocycles. The number of sulfonamides is 1. The summed E-state index contributed by atoms with van der Waals surface area (Å²) < 4.78 is 31.5. The van der Waals surface area contributed by atoms with E-state index in [9.17, 15) is 13.2 Å². The standard InChI is InChI=1S/C24H25ClN2O4S/c1-17-4-9-21(14-18(17)2)26-24(28)16-31-23-12-10-22(11-13-23)27(32(3,29)30)15-19-5-7-20(25)8-6-19/h4-14H,15-16H2,1-3H3,(H,26,28). The zero-order valence-corrected chi connectivity index (χ0v) is 19.7. The van der Waals surface area contributed by atoms with E-state index in [4.69, 9.17) is 16.3 Å². The first-order valence-corrected chi connectivity index (χ1v) is 12.2. The molecular weight excluding hydrogens is 448 g/mol. The number of hydrogen-bond donors (Lipinski definition) is 1. The van der Waals surface area contributed by atoms with Crippen LogP contribution in [-0.2, 0) is 21.4 Å². The highest BCUT2D eigenvalue weighted by Gasteiger charge is 2.18. The van der Waals surface area contributed by atoms with Gasteiger partial charge >= 0.3 is 0 Å². The Morgan fingerprint density at radius 3 is 2.22 bits per heavy atom. The van der Waals surface area contributed by atoms with Gasteiger partial charge in [0.15, 0.2) is 6.61 Å². The molecule has 0 unspecified atom stereocenters. The fourth-order valence-electron chi connectivity index (χ4n) is 3.03. The van der Waals surface area contributed by atoms with Gasteiger partial charge in [-0.3, -0.25) is 9.10 Å². The number of carbonyl (C=O) groups excluding carboxylic acids is 1. The number of nitrogens with one attached hydrogen (secondary N) is 1.